The highest BCUT2D eigenvalue weighted by molar-refractivity contribution is 5.74. The minimum atomic E-state index is -0.357. The molecule has 2 aromatic rings. The molecule has 0 radical (unpaired) electrons. The SMILES string of the molecule is CN(c1ccc(C#N)cc1)c1ccc(F)cc1N. The van der Waals surface area contributed by atoms with Crippen LogP contribution in [-0.4, -0.2) is 7.05 Å². The van der Waals surface area contributed by atoms with Gasteiger partial charge in [-0.3, -0.25) is 0 Å². The van der Waals surface area contributed by atoms with E-state index < -0.39 is 0 Å². The molecule has 90 valence electrons. The molecule has 0 aliphatic rings. The summed E-state index contributed by atoms with van der Waals surface area (Å²) >= 11 is 0. The summed E-state index contributed by atoms with van der Waals surface area (Å²) in [7, 11) is 1.84. The lowest BCUT2D eigenvalue weighted by Gasteiger charge is -2.21. The molecule has 0 heterocycles. The Balaban J connectivity index is 2.35. The van der Waals surface area contributed by atoms with E-state index in [4.69, 9.17) is 11.0 Å². The van der Waals surface area contributed by atoms with Gasteiger partial charge in [-0.15, -0.1) is 0 Å². The van der Waals surface area contributed by atoms with Gasteiger partial charge in [-0.25, -0.2) is 4.39 Å². The Morgan fingerprint density at radius 3 is 2.39 bits per heavy atom. The van der Waals surface area contributed by atoms with Crippen molar-refractivity contribution in [2.45, 2.75) is 0 Å². The van der Waals surface area contributed by atoms with Gasteiger partial charge in [0.05, 0.1) is 23.0 Å². The Hall–Kier alpha value is -2.54. The molecule has 2 rings (SSSR count). The molecule has 2 N–H and O–H groups in total. The highest BCUT2D eigenvalue weighted by Gasteiger charge is 2.08. The molecule has 0 aromatic heterocycles. The molecule has 0 aliphatic heterocycles. The van der Waals surface area contributed by atoms with E-state index in [1.807, 2.05) is 24.1 Å². The van der Waals surface area contributed by atoms with E-state index in [2.05, 4.69) is 6.07 Å². The van der Waals surface area contributed by atoms with Gasteiger partial charge in [0.15, 0.2) is 0 Å². The van der Waals surface area contributed by atoms with Crippen LogP contribution in [-0.2, 0) is 0 Å². The average Bonchev–Trinajstić information content (AvgIpc) is 2.38. The summed E-state index contributed by atoms with van der Waals surface area (Å²) in [4.78, 5) is 1.84. The van der Waals surface area contributed by atoms with Crippen LogP contribution in [0.5, 0.6) is 0 Å². The normalized spacial score (nSPS) is 9.83. The van der Waals surface area contributed by atoms with Gasteiger partial charge in [0.2, 0.25) is 0 Å². The van der Waals surface area contributed by atoms with Crippen LogP contribution in [0.3, 0.4) is 0 Å². The molecule has 0 saturated carbocycles. The van der Waals surface area contributed by atoms with Crippen molar-refractivity contribution in [3.63, 3.8) is 0 Å². The molecule has 2 aromatic carbocycles. The van der Waals surface area contributed by atoms with Crippen LogP contribution >= 0.6 is 0 Å². The summed E-state index contributed by atoms with van der Waals surface area (Å²) in [5.41, 5.74) is 8.36. The Morgan fingerprint density at radius 2 is 1.83 bits per heavy atom. The maximum absolute atomic E-state index is 13.0. The minimum absolute atomic E-state index is 0.357. The third kappa shape index (κ3) is 2.25. The van der Waals surface area contributed by atoms with E-state index in [1.165, 1.54) is 12.1 Å². The fourth-order valence-corrected chi connectivity index (χ4v) is 1.73. The summed E-state index contributed by atoms with van der Waals surface area (Å²) in [6.45, 7) is 0. The topological polar surface area (TPSA) is 53.0 Å². The van der Waals surface area contributed by atoms with Crippen LogP contribution in [0.25, 0.3) is 0 Å². The van der Waals surface area contributed by atoms with Crippen molar-refractivity contribution < 1.29 is 4.39 Å². The van der Waals surface area contributed by atoms with Crippen molar-refractivity contribution >= 4 is 17.1 Å². The third-order valence-corrected chi connectivity index (χ3v) is 2.73. The predicted octanol–water partition coefficient (Wildman–Crippen LogP) is 3.05. The zero-order chi connectivity index (χ0) is 13.1. The Kier molecular flexibility index (Phi) is 3.16. The smallest absolute Gasteiger partial charge is 0.125 e. The molecule has 0 saturated heterocycles. The molecule has 18 heavy (non-hydrogen) atoms. The molecule has 3 nitrogen and oxygen atoms in total. The van der Waals surface area contributed by atoms with E-state index in [0.717, 1.165) is 11.4 Å². The monoisotopic (exact) mass is 241 g/mol. The summed E-state index contributed by atoms with van der Waals surface area (Å²) in [5.74, 6) is -0.357. The first-order valence-corrected chi connectivity index (χ1v) is 5.41. The molecule has 0 atom stereocenters. The quantitative estimate of drug-likeness (QED) is 0.822. The molecule has 0 spiro atoms. The van der Waals surface area contributed by atoms with Gasteiger partial charge >= 0.3 is 0 Å². The fraction of sp³-hybridized carbons (Fsp3) is 0.0714. The second kappa shape index (κ2) is 4.76. The van der Waals surface area contributed by atoms with E-state index in [-0.39, 0.29) is 5.82 Å². The van der Waals surface area contributed by atoms with Crippen LogP contribution in [0, 0.1) is 17.1 Å². The number of hydrogen-bond donors (Lipinski definition) is 1. The number of nitrogens with two attached hydrogens (primary N) is 1. The number of nitrogens with zero attached hydrogens (tertiary/aromatic N) is 2. The van der Waals surface area contributed by atoms with Crippen molar-refractivity contribution in [1.82, 2.24) is 0 Å². The maximum Gasteiger partial charge on any atom is 0.125 e. The zero-order valence-corrected chi connectivity index (χ0v) is 9.89. The predicted molar refractivity (Wildman–Crippen MR) is 70.0 cm³/mol. The Morgan fingerprint density at radius 1 is 1.17 bits per heavy atom. The van der Waals surface area contributed by atoms with Gasteiger partial charge in [-0.1, -0.05) is 0 Å². The van der Waals surface area contributed by atoms with Crippen molar-refractivity contribution in [2.24, 2.45) is 0 Å². The van der Waals surface area contributed by atoms with Crippen LogP contribution in [0.4, 0.5) is 21.5 Å². The van der Waals surface area contributed by atoms with Gasteiger partial charge in [-0.05, 0) is 42.5 Å². The van der Waals surface area contributed by atoms with Crippen molar-refractivity contribution in [2.75, 3.05) is 17.7 Å². The highest BCUT2D eigenvalue weighted by atomic mass is 19.1. The number of hydrogen-bond acceptors (Lipinski definition) is 3. The number of anilines is 3. The van der Waals surface area contributed by atoms with Crippen LogP contribution in [0.2, 0.25) is 0 Å². The number of nitrogen functional groups attached to an aromatic ring is 1. The largest absolute Gasteiger partial charge is 0.397 e. The molecule has 0 unspecified atom stereocenters. The highest BCUT2D eigenvalue weighted by Crippen LogP contribution is 2.29. The van der Waals surface area contributed by atoms with Gasteiger partial charge in [0.25, 0.3) is 0 Å². The molecule has 4 heteroatoms. The molecular weight excluding hydrogens is 229 g/mol. The number of halogens is 1. The van der Waals surface area contributed by atoms with Crippen LogP contribution in [0.1, 0.15) is 5.56 Å². The Bertz CT molecular complexity index is 599. The molecule has 0 aliphatic carbocycles. The Labute approximate surface area is 105 Å². The van der Waals surface area contributed by atoms with Gasteiger partial charge in [0, 0.05) is 12.7 Å². The van der Waals surface area contributed by atoms with E-state index in [9.17, 15) is 4.39 Å². The molecular formula is C14H12FN3. The van der Waals surface area contributed by atoms with Gasteiger partial charge < -0.3 is 10.6 Å². The van der Waals surface area contributed by atoms with Crippen LogP contribution in [0.15, 0.2) is 42.5 Å². The first-order valence-electron chi connectivity index (χ1n) is 5.41. The second-order valence-electron chi connectivity index (χ2n) is 3.92. The first kappa shape index (κ1) is 11.9. The van der Waals surface area contributed by atoms with E-state index in [0.29, 0.717) is 11.3 Å². The van der Waals surface area contributed by atoms with Crippen molar-refractivity contribution in [3.05, 3.63) is 53.8 Å². The standard InChI is InChI=1S/C14H12FN3/c1-18(12-5-2-10(9-16)3-6-12)14-7-4-11(15)8-13(14)17/h2-8H,17H2,1H3. The fourth-order valence-electron chi connectivity index (χ4n) is 1.73. The summed E-state index contributed by atoms with van der Waals surface area (Å²) in [6.07, 6.45) is 0. The summed E-state index contributed by atoms with van der Waals surface area (Å²) in [5, 5.41) is 8.73. The molecule has 0 bridgehead atoms. The number of benzene rings is 2. The lowest BCUT2D eigenvalue weighted by atomic mass is 10.2. The third-order valence-electron chi connectivity index (χ3n) is 2.73. The van der Waals surface area contributed by atoms with E-state index >= 15 is 0 Å². The van der Waals surface area contributed by atoms with Crippen molar-refractivity contribution in [1.29, 1.82) is 5.26 Å². The maximum atomic E-state index is 13.0. The number of nitriles is 1. The molecule has 0 fully saturated rings. The summed E-state index contributed by atoms with van der Waals surface area (Å²) < 4.78 is 13.0. The zero-order valence-electron chi connectivity index (χ0n) is 9.89. The minimum Gasteiger partial charge on any atom is -0.397 e. The van der Waals surface area contributed by atoms with E-state index in [1.54, 1.807) is 18.2 Å². The first-order chi connectivity index (χ1) is 8.61. The summed E-state index contributed by atoms with van der Waals surface area (Å²) in [6, 6.07) is 13.4. The lowest BCUT2D eigenvalue weighted by Crippen LogP contribution is -2.11. The van der Waals surface area contributed by atoms with Crippen LogP contribution < -0.4 is 10.6 Å². The second-order valence-corrected chi connectivity index (χ2v) is 3.92. The number of rotatable bonds is 2. The van der Waals surface area contributed by atoms with Crippen molar-refractivity contribution in [3.8, 4) is 6.07 Å². The lowest BCUT2D eigenvalue weighted by molar-refractivity contribution is 0.628. The van der Waals surface area contributed by atoms with Gasteiger partial charge in [0.1, 0.15) is 5.82 Å². The average molecular weight is 241 g/mol. The van der Waals surface area contributed by atoms with Gasteiger partial charge in [-0.2, -0.15) is 5.26 Å². The molecule has 0 amide bonds.